The fourth-order valence-corrected chi connectivity index (χ4v) is 6.34. The lowest BCUT2D eigenvalue weighted by Gasteiger charge is -2.40. The van der Waals surface area contributed by atoms with Crippen LogP contribution < -0.4 is 14.2 Å². The zero-order valence-electron chi connectivity index (χ0n) is 24.8. The first-order valence-electron chi connectivity index (χ1n) is 15.6. The van der Waals surface area contributed by atoms with E-state index in [0.717, 1.165) is 74.0 Å². The number of rotatable bonds is 11. The maximum absolute atomic E-state index is 13.6. The Morgan fingerprint density at radius 1 is 0.860 bits per heavy atom. The van der Waals surface area contributed by atoms with Crippen LogP contribution in [0.15, 0.2) is 59.7 Å². The molecule has 2 heterocycles. The monoisotopic (exact) mass is 584 g/mol. The third kappa shape index (κ3) is 6.73. The number of hydrazone groups is 1. The Bertz CT molecular complexity index is 1410. The molecule has 43 heavy (non-hydrogen) atoms. The Kier molecular flexibility index (Phi) is 9.30. The van der Waals surface area contributed by atoms with E-state index in [0.29, 0.717) is 30.5 Å². The molecule has 0 spiro atoms. The first kappa shape index (κ1) is 28.9. The van der Waals surface area contributed by atoms with E-state index in [1.54, 1.807) is 7.11 Å². The molecular formula is C33H40N6O4. The van der Waals surface area contributed by atoms with Crippen molar-refractivity contribution in [2.24, 2.45) is 16.9 Å². The van der Waals surface area contributed by atoms with E-state index in [4.69, 9.17) is 19.3 Å². The van der Waals surface area contributed by atoms with Gasteiger partial charge in [-0.2, -0.15) is 10.3 Å². The second-order valence-electron chi connectivity index (χ2n) is 11.5. The molecule has 6 rings (SSSR count). The number of aromatic amines is 1. The average molecular weight is 585 g/mol. The van der Waals surface area contributed by atoms with E-state index in [1.807, 2.05) is 41.4 Å². The van der Waals surface area contributed by atoms with E-state index in [1.165, 1.54) is 12.8 Å². The summed E-state index contributed by atoms with van der Waals surface area (Å²) >= 11 is 0. The predicted molar refractivity (Wildman–Crippen MR) is 163 cm³/mol. The molecule has 1 fully saturated rings. The van der Waals surface area contributed by atoms with Gasteiger partial charge < -0.3 is 14.2 Å². The first-order chi connectivity index (χ1) is 21.2. The fraction of sp³-hybridized carbons (Fsp3) is 0.485. The molecule has 2 aliphatic carbocycles. The lowest BCUT2D eigenvalue weighted by atomic mass is 9.76. The zero-order chi connectivity index (χ0) is 29.4. The van der Waals surface area contributed by atoms with Crippen molar-refractivity contribution < 1.29 is 19.0 Å². The summed E-state index contributed by atoms with van der Waals surface area (Å²) in [5.74, 6) is 2.96. The van der Waals surface area contributed by atoms with Crippen LogP contribution in [0.4, 0.5) is 0 Å². The molecule has 2 atom stereocenters. The van der Waals surface area contributed by atoms with Crippen LogP contribution in [0, 0.1) is 11.8 Å². The zero-order valence-corrected chi connectivity index (χ0v) is 24.8. The van der Waals surface area contributed by atoms with Crippen molar-refractivity contribution in [1.29, 1.82) is 0 Å². The van der Waals surface area contributed by atoms with Crippen molar-refractivity contribution in [3.8, 4) is 28.6 Å². The summed E-state index contributed by atoms with van der Waals surface area (Å²) in [6.07, 6.45) is 14.5. The number of hydrogen-bond donors (Lipinski definition) is 1. The molecule has 1 aromatic heterocycles. The lowest BCUT2D eigenvalue weighted by Crippen LogP contribution is -2.49. The summed E-state index contributed by atoms with van der Waals surface area (Å²) in [6.45, 7) is 1.12. The Labute approximate surface area is 252 Å². The molecule has 0 bridgehead atoms. The number of unbranched alkanes of at least 4 members (excludes halogenated alkanes) is 1. The lowest BCUT2D eigenvalue weighted by molar-refractivity contribution is -0.140. The number of nitrogens with zero attached hydrogens (tertiary/aromatic N) is 5. The van der Waals surface area contributed by atoms with Gasteiger partial charge in [0.15, 0.2) is 11.5 Å². The van der Waals surface area contributed by atoms with Crippen LogP contribution in [-0.4, -0.2) is 63.6 Å². The second-order valence-corrected chi connectivity index (χ2v) is 11.5. The Hall–Kier alpha value is -4.21. The van der Waals surface area contributed by atoms with Gasteiger partial charge in [0.2, 0.25) is 11.7 Å². The predicted octanol–water partition coefficient (Wildman–Crippen LogP) is 5.96. The highest BCUT2D eigenvalue weighted by molar-refractivity contribution is 6.07. The molecule has 10 nitrogen and oxygen atoms in total. The van der Waals surface area contributed by atoms with Gasteiger partial charge in [-0.15, -0.1) is 10.2 Å². The van der Waals surface area contributed by atoms with Crippen molar-refractivity contribution in [3.63, 3.8) is 0 Å². The third-order valence-electron chi connectivity index (χ3n) is 8.69. The van der Waals surface area contributed by atoms with Crippen molar-refractivity contribution in [1.82, 2.24) is 25.6 Å². The summed E-state index contributed by atoms with van der Waals surface area (Å²) in [4.78, 5) is 13.6. The molecule has 3 aromatic rings. The van der Waals surface area contributed by atoms with Crippen LogP contribution in [0.1, 0.15) is 69.8 Å². The van der Waals surface area contributed by atoms with Crippen molar-refractivity contribution in [3.05, 3.63) is 60.2 Å². The van der Waals surface area contributed by atoms with Gasteiger partial charge in [0.1, 0.15) is 5.75 Å². The number of carbonyl (C=O) groups excluding carboxylic acids is 1. The highest BCUT2D eigenvalue weighted by Crippen LogP contribution is 2.39. The Morgan fingerprint density at radius 3 is 2.30 bits per heavy atom. The smallest absolute Gasteiger partial charge is 0.247 e. The van der Waals surface area contributed by atoms with Crippen LogP contribution in [0.3, 0.4) is 0 Å². The minimum atomic E-state index is -0.0533. The molecule has 226 valence electrons. The molecule has 0 saturated heterocycles. The number of amides is 1. The van der Waals surface area contributed by atoms with Crippen LogP contribution in [-0.2, 0) is 4.79 Å². The highest BCUT2D eigenvalue weighted by Gasteiger charge is 2.42. The maximum atomic E-state index is 13.6. The molecule has 1 aliphatic heterocycles. The van der Waals surface area contributed by atoms with E-state index in [2.05, 4.69) is 38.8 Å². The highest BCUT2D eigenvalue weighted by atomic mass is 16.5. The minimum absolute atomic E-state index is 0.0533. The summed E-state index contributed by atoms with van der Waals surface area (Å²) in [5, 5.41) is 21.0. The second kappa shape index (κ2) is 13.8. The summed E-state index contributed by atoms with van der Waals surface area (Å²) in [7, 11) is 1.66. The number of methoxy groups -OCH3 is 1. The van der Waals surface area contributed by atoms with Crippen molar-refractivity contribution in [2.45, 2.75) is 70.3 Å². The molecule has 1 N–H and O–H groups in total. The summed E-state index contributed by atoms with van der Waals surface area (Å²) in [6, 6.07) is 13.9. The molecule has 3 aliphatic rings. The number of aromatic nitrogens is 4. The van der Waals surface area contributed by atoms with E-state index >= 15 is 0 Å². The van der Waals surface area contributed by atoms with E-state index in [-0.39, 0.29) is 23.8 Å². The average Bonchev–Trinajstić information content (AvgIpc) is 3.46. The number of H-pyrrole nitrogens is 1. The number of benzene rings is 2. The van der Waals surface area contributed by atoms with E-state index in [9.17, 15) is 4.79 Å². The van der Waals surface area contributed by atoms with Crippen molar-refractivity contribution >= 4 is 11.6 Å². The molecule has 0 unspecified atom stereocenters. The maximum Gasteiger partial charge on any atom is 0.247 e. The largest absolute Gasteiger partial charge is 0.494 e. The molecule has 0 radical (unpaired) electrons. The SMILES string of the molecule is COc1ccc(C2=NN(C3CCCCCC3)C(=O)[C@H]3CC=CC[C@@H]23)cc1OCCCCOc1ccc(-c2nn[nH]n2)cc1. The van der Waals surface area contributed by atoms with Gasteiger partial charge in [0.25, 0.3) is 0 Å². The van der Waals surface area contributed by atoms with Gasteiger partial charge in [-0.05, 0) is 86.2 Å². The van der Waals surface area contributed by atoms with E-state index < -0.39 is 0 Å². The first-order valence-corrected chi connectivity index (χ1v) is 15.6. The van der Waals surface area contributed by atoms with Crippen molar-refractivity contribution in [2.75, 3.05) is 20.3 Å². The van der Waals surface area contributed by atoms with Crippen LogP contribution >= 0.6 is 0 Å². The van der Waals surface area contributed by atoms with Crippen LogP contribution in [0.5, 0.6) is 17.2 Å². The normalized spacial score (nSPS) is 20.7. The number of allylic oxidation sites excluding steroid dienone is 2. The summed E-state index contributed by atoms with van der Waals surface area (Å²) < 4.78 is 17.8. The summed E-state index contributed by atoms with van der Waals surface area (Å²) in [5.41, 5.74) is 2.87. The number of tetrazole rings is 1. The molecule has 2 aromatic carbocycles. The number of nitrogens with one attached hydrogen (secondary N) is 1. The number of fused-ring (bicyclic) bond motifs is 1. The molecule has 10 heteroatoms. The Balaban J connectivity index is 1.09. The van der Waals surface area contributed by atoms with Gasteiger partial charge in [0.05, 0.1) is 38.0 Å². The van der Waals surface area contributed by atoms with Gasteiger partial charge in [-0.3, -0.25) is 4.79 Å². The topological polar surface area (TPSA) is 115 Å². The fourth-order valence-electron chi connectivity index (χ4n) is 6.34. The minimum Gasteiger partial charge on any atom is -0.494 e. The standard InChI is InChI=1S/C33H40N6O4/c1-41-29-19-16-24(31-27-12-6-7-13-28(27)33(40)39(36-31)25-10-4-2-3-5-11-25)22-30(29)43-21-9-8-20-42-26-17-14-23(15-18-26)32-34-37-38-35-32/h6-7,14-19,22,25,27-28H,2-5,8-13,20-21H2,1H3,(H,34,35,37,38)/t27-,28+/m1/s1. The van der Waals surface area contributed by atoms with Gasteiger partial charge >= 0.3 is 0 Å². The number of carbonyl (C=O) groups is 1. The van der Waals surface area contributed by atoms with Crippen LogP contribution in [0.25, 0.3) is 11.4 Å². The van der Waals surface area contributed by atoms with Gasteiger partial charge in [0, 0.05) is 17.0 Å². The van der Waals surface area contributed by atoms with Gasteiger partial charge in [-0.1, -0.05) is 37.8 Å². The Morgan fingerprint density at radius 2 is 1.58 bits per heavy atom. The molecule has 1 saturated carbocycles. The number of ether oxygens (including phenoxy) is 3. The third-order valence-corrected chi connectivity index (χ3v) is 8.69. The quantitative estimate of drug-likeness (QED) is 0.168. The van der Waals surface area contributed by atoms with Gasteiger partial charge in [-0.25, -0.2) is 5.01 Å². The van der Waals surface area contributed by atoms with Crippen LogP contribution in [0.2, 0.25) is 0 Å². The number of hydrogen-bond acceptors (Lipinski definition) is 8. The molecule has 1 amide bonds. The molecular weight excluding hydrogens is 544 g/mol.